The van der Waals surface area contributed by atoms with Gasteiger partial charge in [0.1, 0.15) is 11.3 Å². The van der Waals surface area contributed by atoms with Crippen molar-refractivity contribution >= 4 is 33.7 Å². The molecular formula is C30H34N10O3. The van der Waals surface area contributed by atoms with Gasteiger partial charge in [-0.15, -0.1) is 0 Å². The monoisotopic (exact) mass is 582 g/mol. The molecule has 1 N–H and O–H groups in total. The molecule has 222 valence electrons. The summed E-state index contributed by atoms with van der Waals surface area (Å²) in [7, 11) is 3.73. The summed E-state index contributed by atoms with van der Waals surface area (Å²) < 4.78 is 15.4. The van der Waals surface area contributed by atoms with Gasteiger partial charge in [0.05, 0.1) is 61.0 Å². The van der Waals surface area contributed by atoms with Gasteiger partial charge in [0.2, 0.25) is 5.95 Å². The van der Waals surface area contributed by atoms with E-state index in [1.54, 1.807) is 19.5 Å². The van der Waals surface area contributed by atoms with Crippen LogP contribution in [0.15, 0.2) is 36.8 Å². The number of β-amino-alcohol motifs (C(OH)–C–C–N with tert-alkyl or cyclic N) is 1. The number of aliphatic hydroxyl groups excluding tert-OH is 1. The molecule has 0 amide bonds. The van der Waals surface area contributed by atoms with Crippen molar-refractivity contribution in [1.29, 1.82) is 0 Å². The standard InChI is InChI=1S/C30H34N10O3/c1-18-19-15-32-40(22(19)12-21(33-18)20-14-31-5-4-25(20)42-3)27-13-23-28(29(34-27)39-16-26-24(39)17-43-26)35-30(36(23)2)38-8-6-37(7-9-38)10-11-41/h4-5,12-15,24,26,41H,6-11,16-17H2,1-3H3. The molecule has 2 atom stereocenters. The molecule has 8 rings (SSSR count). The normalized spacial score (nSPS) is 20.4. The van der Waals surface area contributed by atoms with Crippen LogP contribution >= 0.6 is 0 Å². The first kappa shape index (κ1) is 26.3. The van der Waals surface area contributed by atoms with Crippen LogP contribution in [0.25, 0.3) is 39.0 Å². The van der Waals surface area contributed by atoms with Gasteiger partial charge in [-0.05, 0) is 19.1 Å². The van der Waals surface area contributed by atoms with Gasteiger partial charge in [0.15, 0.2) is 11.6 Å². The number of anilines is 2. The lowest BCUT2D eigenvalue weighted by molar-refractivity contribution is -0.113. The zero-order valence-electron chi connectivity index (χ0n) is 24.5. The van der Waals surface area contributed by atoms with E-state index >= 15 is 0 Å². The quantitative estimate of drug-likeness (QED) is 0.302. The number of fused-ring (bicyclic) bond motifs is 3. The first-order valence-corrected chi connectivity index (χ1v) is 14.7. The Labute approximate surface area is 248 Å². The molecule has 0 radical (unpaired) electrons. The second-order valence-electron chi connectivity index (χ2n) is 11.4. The Morgan fingerprint density at radius 1 is 1.07 bits per heavy atom. The molecule has 0 spiro atoms. The van der Waals surface area contributed by atoms with Gasteiger partial charge in [0.25, 0.3) is 0 Å². The Hall–Kier alpha value is -4.33. The van der Waals surface area contributed by atoms with E-state index in [2.05, 4.69) is 37.4 Å². The number of hydrogen-bond acceptors (Lipinski definition) is 11. The van der Waals surface area contributed by atoms with Crippen LogP contribution in [0, 0.1) is 6.92 Å². The van der Waals surface area contributed by atoms with E-state index < -0.39 is 0 Å². The summed E-state index contributed by atoms with van der Waals surface area (Å²) in [6, 6.07) is 6.27. The molecule has 5 aromatic heterocycles. The van der Waals surface area contributed by atoms with Gasteiger partial charge in [0, 0.05) is 75.9 Å². The molecule has 3 fully saturated rings. The number of aromatic nitrogens is 7. The Kier molecular flexibility index (Phi) is 6.21. The summed E-state index contributed by atoms with van der Waals surface area (Å²) in [5.74, 6) is 3.22. The van der Waals surface area contributed by atoms with Crippen LogP contribution in [-0.4, -0.2) is 116 Å². The van der Waals surface area contributed by atoms with E-state index in [-0.39, 0.29) is 12.7 Å². The smallest absolute Gasteiger partial charge is 0.206 e. The van der Waals surface area contributed by atoms with Gasteiger partial charge in [-0.2, -0.15) is 5.10 Å². The number of rotatable bonds is 7. The van der Waals surface area contributed by atoms with Crippen LogP contribution in [0.3, 0.4) is 0 Å². The number of aliphatic hydroxyl groups is 1. The molecule has 0 saturated carbocycles. The van der Waals surface area contributed by atoms with Crippen molar-refractivity contribution in [2.45, 2.75) is 19.1 Å². The van der Waals surface area contributed by atoms with Crippen molar-refractivity contribution in [1.82, 2.24) is 39.2 Å². The largest absolute Gasteiger partial charge is 0.496 e. The second kappa shape index (κ2) is 10.1. The zero-order valence-corrected chi connectivity index (χ0v) is 24.5. The summed E-state index contributed by atoms with van der Waals surface area (Å²) in [4.78, 5) is 26.5. The fraction of sp³-hybridized carbons (Fsp3) is 0.433. The van der Waals surface area contributed by atoms with Crippen LogP contribution in [-0.2, 0) is 11.8 Å². The van der Waals surface area contributed by atoms with Crippen molar-refractivity contribution < 1.29 is 14.6 Å². The molecule has 2 unspecified atom stereocenters. The Morgan fingerprint density at radius 2 is 1.93 bits per heavy atom. The SMILES string of the molecule is COc1ccncc1-c1cc2c(cnn2-c2cc3c(nc(N4CCN(CCO)CC4)n3C)c(N3CC4OCC43)n2)c(C)n1. The fourth-order valence-corrected chi connectivity index (χ4v) is 6.52. The number of methoxy groups -OCH3 is 1. The minimum Gasteiger partial charge on any atom is -0.496 e. The number of piperazine rings is 1. The lowest BCUT2D eigenvalue weighted by Gasteiger charge is -2.55. The molecule has 5 aromatic rings. The van der Waals surface area contributed by atoms with Gasteiger partial charge >= 0.3 is 0 Å². The van der Waals surface area contributed by atoms with E-state index in [9.17, 15) is 5.11 Å². The van der Waals surface area contributed by atoms with Crippen molar-refractivity contribution in [3.8, 4) is 22.8 Å². The summed E-state index contributed by atoms with van der Waals surface area (Å²) >= 11 is 0. The van der Waals surface area contributed by atoms with E-state index in [4.69, 9.17) is 29.5 Å². The highest BCUT2D eigenvalue weighted by atomic mass is 16.5. The maximum Gasteiger partial charge on any atom is 0.206 e. The second-order valence-corrected chi connectivity index (χ2v) is 11.4. The highest BCUT2D eigenvalue weighted by Crippen LogP contribution is 2.39. The molecule has 3 aliphatic rings. The summed E-state index contributed by atoms with van der Waals surface area (Å²) in [6.45, 7) is 7.88. The maximum atomic E-state index is 9.37. The van der Waals surface area contributed by atoms with Crippen molar-refractivity contribution in [2.75, 3.05) is 69.4 Å². The molecule has 3 saturated heterocycles. The van der Waals surface area contributed by atoms with Gasteiger partial charge < -0.3 is 28.9 Å². The predicted molar refractivity (Wildman–Crippen MR) is 162 cm³/mol. The average Bonchev–Trinajstić information content (AvgIpc) is 3.60. The summed E-state index contributed by atoms with van der Waals surface area (Å²) in [5, 5.41) is 15.1. The van der Waals surface area contributed by atoms with Crippen LogP contribution in [0.4, 0.5) is 11.8 Å². The number of pyridine rings is 3. The third-order valence-corrected chi connectivity index (χ3v) is 9.10. The molecule has 0 aromatic carbocycles. The Bertz CT molecular complexity index is 1840. The fourth-order valence-electron chi connectivity index (χ4n) is 6.52. The Balaban J connectivity index is 1.26. The van der Waals surface area contributed by atoms with Crippen molar-refractivity contribution in [3.63, 3.8) is 0 Å². The van der Waals surface area contributed by atoms with Crippen LogP contribution in [0.2, 0.25) is 0 Å². The first-order valence-electron chi connectivity index (χ1n) is 14.7. The van der Waals surface area contributed by atoms with Crippen molar-refractivity contribution in [2.24, 2.45) is 7.05 Å². The van der Waals surface area contributed by atoms with E-state index in [1.165, 1.54) is 0 Å². The number of ether oxygens (including phenoxy) is 2. The van der Waals surface area contributed by atoms with Crippen LogP contribution < -0.4 is 14.5 Å². The molecule has 0 aliphatic carbocycles. The van der Waals surface area contributed by atoms with Gasteiger partial charge in [-0.3, -0.25) is 14.9 Å². The molecule has 13 nitrogen and oxygen atoms in total. The van der Waals surface area contributed by atoms with Crippen LogP contribution in [0.5, 0.6) is 5.75 Å². The molecule has 43 heavy (non-hydrogen) atoms. The molecule has 8 heterocycles. The Morgan fingerprint density at radius 3 is 2.65 bits per heavy atom. The third kappa shape index (κ3) is 4.13. The highest BCUT2D eigenvalue weighted by Gasteiger charge is 2.49. The van der Waals surface area contributed by atoms with Gasteiger partial charge in [-0.25, -0.2) is 14.6 Å². The van der Waals surface area contributed by atoms with E-state index in [1.807, 2.05) is 29.9 Å². The molecule has 0 bridgehead atoms. The lowest BCUT2D eigenvalue weighted by Crippen LogP contribution is -2.71. The van der Waals surface area contributed by atoms with E-state index in [0.717, 1.165) is 89.2 Å². The van der Waals surface area contributed by atoms with E-state index in [0.29, 0.717) is 24.9 Å². The topological polar surface area (TPSA) is 123 Å². The molecule has 3 aliphatic heterocycles. The number of nitrogens with zero attached hydrogens (tertiary/aromatic N) is 10. The highest BCUT2D eigenvalue weighted by molar-refractivity contribution is 5.92. The number of imidazole rings is 1. The molecular weight excluding hydrogens is 548 g/mol. The minimum atomic E-state index is 0.181. The first-order chi connectivity index (χ1) is 21.0. The molecule has 13 heteroatoms. The lowest BCUT2D eigenvalue weighted by atomic mass is 9.94. The number of hydrogen-bond donors (Lipinski definition) is 1. The van der Waals surface area contributed by atoms with Crippen molar-refractivity contribution in [3.05, 3.63) is 42.5 Å². The number of aryl methyl sites for hydroxylation is 2. The van der Waals surface area contributed by atoms with Gasteiger partial charge in [-0.1, -0.05) is 0 Å². The average molecular weight is 583 g/mol. The third-order valence-electron chi connectivity index (χ3n) is 9.10. The predicted octanol–water partition coefficient (Wildman–Crippen LogP) is 1.78. The van der Waals surface area contributed by atoms with Crippen LogP contribution in [0.1, 0.15) is 5.69 Å². The zero-order chi connectivity index (χ0) is 29.2. The summed E-state index contributed by atoms with van der Waals surface area (Å²) in [5.41, 5.74) is 5.24. The number of morpholine rings is 1. The minimum absolute atomic E-state index is 0.181. The maximum absolute atomic E-state index is 9.37. The summed E-state index contributed by atoms with van der Waals surface area (Å²) in [6.07, 6.45) is 5.60.